The van der Waals surface area contributed by atoms with Gasteiger partial charge in [-0.05, 0) is 31.2 Å². The molecule has 2 aromatic carbocycles. The van der Waals surface area contributed by atoms with Crippen molar-refractivity contribution < 1.29 is 14.3 Å². The van der Waals surface area contributed by atoms with Crippen LogP contribution in [-0.2, 0) is 18.4 Å². The zero-order chi connectivity index (χ0) is 19.9. The molecule has 0 fully saturated rings. The van der Waals surface area contributed by atoms with Gasteiger partial charge in [-0.1, -0.05) is 35.5 Å². The van der Waals surface area contributed by atoms with Gasteiger partial charge in [0.15, 0.2) is 11.0 Å². The summed E-state index contributed by atoms with van der Waals surface area (Å²) in [5.41, 5.74) is 1.93. The second kappa shape index (κ2) is 9.27. The highest BCUT2D eigenvalue weighted by molar-refractivity contribution is 7.99. The topological polar surface area (TPSA) is 78.3 Å². The zero-order valence-corrected chi connectivity index (χ0v) is 16.8. The molecular weight excluding hydrogens is 376 g/mol. The maximum atomic E-state index is 12.1. The number of carbonyl (C=O) groups excluding carboxylic acids is 1. The summed E-state index contributed by atoms with van der Waals surface area (Å²) in [5, 5.41) is 11.8. The third-order valence-corrected chi connectivity index (χ3v) is 5.02. The summed E-state index contributed by atoms with van der Waals surface area (Å²) in [7, 11) is 3.46. The van der Waals surface area contributed by atoms with Crippen LogP contribution in [0.2, 0.25) is 0 Å². The number of carbonyl (C=O) groups is 1. The van der Waals surface area contributed by atoms with Crippen molar-refractivity contribution >= 4 is 23.4 Å². The van der Waals surface area contributed by atoms with Gasteiger partial charge in [0.1, 0.15) is 18.1 Å². The standard InChI is InChI=1S/C20H22N4O3S/c1-14-7-9-15(10-8-14)21-19(25)13-28-20-23-22-18(24(20)2)12-27-17-6-4-5-16(11-17)26-3/h4-11H,12-13H2,1-3H3,(H,21,25). The molecule has 3 aromatic rings. The first-order valence-electron chi connectivity index (χ1n) is 8.69. The number of aromatic nitrogens is 3. The summed E-state index contributed by atoms with van der Waals surface area (Å²) in [5.74, 6) is 2.24. The third kappa shape index (κ3) is 5.26. The van der Waals surface area contributed by atoms with E-state index in [1.54, 1.807) is 13.2 Å². The third-order valence-electron chi connectivity index (χ3n) is 4.00. The number of hydrogen-bond donors (Lipinski definition) is 1. The van der Waals surface area contributed by atoms with Gasteiger partial charge < -0.3 is 19.4 Å². The fourth-order valence-electron chi connectivity index (χ4n) is 2.40. The first kappa shape index (κ1) is 19.8. The second-order valence-corrected chi connectivity index (χ2v) is 7.07. The van der Waals surface area contributed by atoms with Gasteiger partial charge >= 0.3 is 0 Å². The Hall–Kier alpha value is -3.00. The van der Waals surface area contributed by atoms with Crippen LogP contribution in [0.25, 0.3) is 0 Å². The Morgan fingerprint density at radius 2 is 1.89 bits per heavy atom. The summed E-state index contributed by atoms with van der Waals surface area (Å²) in [6, 6.07) is 15.1. The average Bonchev–Trinajstić information content (AvgIpc) is 3.06. The van der Waals surface area contributed by atoms with Gasteiger partial charge in [0, 0.05) is 18.8 Å². The van der Waals surface area contributed by atoms with Crippen molar-refractivity contribution in [2.75, 3.05) is 18.2 Å². The van der Waals surface area contributed by atoms with E-state index >= 15 is 0 Å². The predicted octanol–water partition coefficient (Wildman–Crippen LogP) is 3.44. The molecule has 1 heterocycles. The van der Waals surface area contributed by atoms with E-state index in [1.807, 2.05) is 61.0 Å². The van der Waals surface area contributed by atoms with Gasteiger partial charge in [-0.2, -0.15) is 0 Å². The van der Waals surface area contributed by atoms with Crippen LogP contribution in [0.15, 0.2) is 53.7 Å². The molecule has 0 aliphatic rings. The van der Waals surface area contributed by atoms with Crippen molar-refractivity contribution in [3.05, 3.63) is 59.9 Å². The van der Waals surface area contributed by atoms with Gasteiger partial charge in [-0.25, -0.2) is 0 Å². The Labute approximate surface area is 168 Å². The number of nitrogens with zero attached hydrogens (tertiary/aromatic N) is 3. The number of ether oxygens (including phenoxy) is 2. The number of aryl methyl sites for hydroxylation is 1. The van der Waals surface area contributed by atoms with Crippen LogP contribution in [0.1, 0.15) is 11.4 Å². The second-order valence-electron chi connectivity index (χ2n) is 6.13. The van der Waals surface area contributed by atoms with Crippen LogP contribution >= 0.6 is 11.8 Å². The molecular formula is C20H22N4O3S. The number of anilines is 1. The van der Waals surface area contributed by atoms with E-state index in [-0.39, 0.29) is 18.3 Å². The van der Waals surface area contributed by atoms with Crippen LogP contribution in [-0.4, -0.2) is 33.5 Å². The molecule has 0 spiro atoms. The molecule has 3 rings (SSSR count). The number of thioether (sulfide) groups is 1. The molecule has 1 amide bonds. The van der Waals surface area contributed by atoms with E-state index in [9.17, 15) is 4.79 Å². The lowest BCUT2D eigenvalue weighted by atomic mass is 10.2. The van der Waals surface area contributed by atoms with Gasteiger partial charge in [0.25, 0.3) is 0 Å². The molecule has 0 atom stereocenters. The van der Waals surface area contributed by atoms with Gasteiger partial charge in [-0.15, -0.1) is 10.2 Å². The quantitative estimate of drug-likeness (QED) is 0.586. The van der Waals surface area contributed by atoms with Gasteiger partial charge in [0.05, 0.1) is 12.9 Å². The van der Waals surface area contributed by atoms with E-state index in [0.717, 1.165) is 17.0 Å². The normalized spacial score (nSPS) is 10.5. The van der Waals surface area contributed by atoms with Crippen LogP contribution in [0.5, 0.6) is 11.5 Å². The molecule has 0 radical (unpaired) electrons. The Balaban J connectivity index is 1.52. The fourth-order valence-corrected chi connectivity index (χ4v) is 3.13. The smallest absolute Gasteiger partial charge is 0.234 e. The maximum Gasteiger partial charge on any atom is 0.234 e. The SMILES string of the molecule is COc1cccc(OCc2nnc(SCC(=O)Nc3ccc(C)cc3)n2C)c1. The van der Waals surface area contributed by atoms with Crippen molar-refractivity contribution in [2.45, 2.75) is 18.7 Å². The maximum absolute atomic E-state index is 12.1. The molecule has 0 aliphatic carbocycles. The lowest BCUT2D eigenvalue weighted by Crippen LogP contribution is -2.14. The van der Waals surface area contributed by atoms with Crippen molar-refractivity contribution in [2.24, 2.45) is 7.05 Å². The molecule has 1 N–H and O–H groups in total. The first-order valence-corrected chi connectivity index (χ1v) is 9.68. The molecule has 0 unspecified atom stereocenters. The van der Waals surface area contributed by atoms with E-state index in [2.05, 4.69) is 15.5 Å². The van der Waals surface area contributed by atoms with E-state index in [4.69, 9.17) is 9.47 Å². The lowest BCUT2D eigenvalue weighted by molar-refractivity contribution is -0.113. The van der Waals surface area contributed by atoms with E-state index in [0.29, 0.717) is 16.7 Å². The monoisotopic (exact) mass is 398 g/mol. The highest BCUT2D eigenvalue weighted by Gasteiger charge is 2.12. The summed E-state index contributed by atoms with van der Waals surface area (Å²) < 4.78 is 12.8. The number of amides is 1. The Bertz CT molecular complexity index is 941. The number of nitrogens with one attached hydrogen (secondary N) is 1. The van der Waals surface area contributed by atoms with Crippen LogP contribution < -0.4 is 14.8 Å². The molecule has 0 saturated carbocycles. The molecule has 8 heteroatoms. The summed E-state index contributed by atoms with van der Waals surface area (Å²) >= 11 is 1.33. The molecule has 1 aromatic heterocycles. The Kier molecular flexibility index (Phi) is 6.54. The minimum Gasteiger partial charge on any atom is -0.497 e. The minimum atomic E-state index is -0.0916. The summed E-state index contributed by atoms with van der Waals surface area (Å²) in [4.78, 5) is 12.1. The average molecular weight is 398 g/mol. The summed E-state index contributed by atoms with van der Waals surface area (Å²) in [6.45, 7) is 2.28. The number of benzene rings is 2. The first-order chi connectivity index (χ1) is 13.5. The number of hydrogen-bond acceptors (Lipinski definition) is 6. The molecule has 0 saturated heterocycles. The van der Waals surface area contributed by atoms with Crippen molar-refractivity contribution in [1.29, 1.82) is 0 Å². The van der Waals surface area contributed by atoms with Crippen LogP contribution in [0, 0.1) is 6.92 Å². The number of methoxy groups -OCH3 is 1. The highest BCUT2D eigenvalue weighted by Crippen LogP contribution is 2.21. The van der Waals surface area contributed by atoms with Crippen molar-refractivity contribution in [1.82, 2.24) is 14.8 Å². The summed E-state index contributed by atoms with van der Waals surface area (Å²) in [6.07, 6.45) is 0. The van der Waals surface area contributed by atoms with E-state index in [1.165, 1.54) is 11.8 Å². The Morgan fingerprint density at radius 3 is 2.64 bits per heavy atom. The molecule has 0 aliphatic heterocycles. The van der Waals surface area contributed by atoms with Crippen molar-refractivity contribution in [3.63, 3.8) is 0 Å². The van der Waals surface area contributed by atoms with Crippen LogP contribution in [0.4, 0.5) is 5.69 Å². The Morgan fingerprint density at radius 1 is 1.14 bits per heavy atom. The molecule has 7 nitrogen and oxygen atoms in total. The van der Waals surface area contributed by atoms with Crippen LogP contribution in [0.3, 0.4) is 0 Å². The van der Waals surface area contributed by atoms with Gasteiger partial charge in [0.2, 0.25) is 5.91 Å². The zero-order valence-electron chi connectivity index (χ0n) is 16.0. The molecule has 146 valence electrons. The van der Waals surface area contributed by atoms with Gasteiger partial charge in [-0.3, -0.25) is 4.79 Å². The lowest BCUT2D eigenvalue weighted by Gasteiger charge is -2.08. The predicted molar refractivity (Wildman–Crippen MR) is 109 cm³/mol. The molecule has 28 heavy (non-hydrogen) atoms. The molecule has 0 bridgehead atoms. The van der Waals surface area contributed by atoms with E-state index < -0.39 is 0 Å². The fraction of sp³-hybridized carbons (Fsp3) is 0.250. The van der Waals surface area contributed by atoms with Crippen molar-refractivity contribution in [3.8, 4) is 11.5 Å². The largest absolute Gasteiger partial charge is 0.497 e. The number of rotatable bonds is 8. The highest BCUT2D eigenvalue weighted by atomic mass is 32.2. The minimum absolute atomic E-state index is 0.0916.